The predicted octanol–water partition coefficient (Wildman–Crippen LogP) is 3.31. The quantitative estimate of drug-likeness (QED) is 0.745. The molecule has 1 amide bonds. The van der Waals surface area contributed by atoms with Crippen molar-refractivity contribution in [2.45, 2.75) is 33.0 Å². The predicted molar refractivity (Wildman–Crippen MR) is 93.1 cm³/mol. The maximum atomic E-state index is 13.2. The summed E-state index contributed by atoms with van der Waals surface area (Å²) < 4.78 is 23.9. The SMILES string of the molecule is CCOC(=O)C(C)N1Cc2cc(OCc3cccc(F)c3)ccc2C1=O. The normalized spacial score (nSPS) is 14.1. The molecule has 0 radical (unpaired) electrons. The van der Waals surface area contributed by atoms with Gasteiger partial charge in [-0.1, -0.05) is 12.1 Å². The monoisotopic (exact) mass is 357 g/mol. The van der Waals surface area contributed by atoms with Crippen LogP contribution in [0.2, 0.25) is 0 Å². The van der Waals surface area contributed by atoms with E-state index in [9.17, 15) is 14.0 Å². The number of amides is 1. The molecule has 1 aliphatic heterocycles. The van der Waals surface area contributed by atoms with Gasteiger partial charge in [-0.2, -0.15) is 0 Å². The van der Waals surface area contributed by atoms with E-state index in [0.29, 0.717) is 17.9 Å². The van der Waals surface area contributed by atoms with Crippen LogP contribution in [0.1, 0.15) is 35.3 Å². The largest absolute Gasteiger partial charge is 0.489 e. The topological polar surface area (TPSA) is 55.8 Å². The maximum absolute atomic E-state index is 13.2. The number of rotatable bonds is 6. The Morgan fingerprint density at radius 3 is 2.81 bits per heavy atom. The first-order chi connectivity index (χ1) is 12.5. The second-order valence-electron chi connectivity index (χ2n) is 6.10. The third-order valence-electron chi connectivity index (χ3n) is 4.30. The van der Waals surface area contributed by atoms with Gasteiger partial charge < -0.3 is 14.4 Å². The van der Waals surface area contributed by atoms with E-state index in [-0.39, 0.29) is 24.9 Å². The molecule has 136 valence electrons. The molecule has 0 saturated carbocycles. The van der Waals surface area contributed by atoms with Crippen LogP contribution in [0.5, 0.6) is 5.75 Å². The summed E-state index contributed by atoms with van der Waals surface area (Å²) in [5, 5.41) is 0. The van der Waals surface area contributed by atoms with E-state index in [0.717, 1.165) is 11.1 Å². The molecule has 0 bridgehead atoms. The molecule has 1 atom stereocenters. The standard InChI is InChI=1S/C20H20FNO4/c1-3-25-20(24)13(2)22-11-15-10-17(7-8-18(15)19(22)23)26-12-14-5-4-6-16(21)9-14/h4-10,13H,3,11-12H2,1-2H3. The molecule has 26 heavy (non-hydrogen) atoms. The van der Waals surface area contributed by atoms with E-state index < -0.39 is 12.0 Å². The zero-order chi connectivity index (χ0) is 18.7. The van der Waals surface area contributed by atoms with Crippen molar-refractivity contribution in [1.29, 1.82) is 0 Å². The number of carbonyl (C=O) groups is 2. The third kappa shape index (κ3) is 3.69. The number of carbonyl (C=O) groups excluding carboxylic acids is 2. The van der Waals surface area contributed by atoms with Crippen molar-refractivity contribution >= 4 is 11.9 Å². The lowest BCUT2D eigenvalue weighted by Gasteiger charge is -2.22. The van der Waals surface area contributed by atoms with Crippen LogP contribution in [0.25, 0.3) is 0 Å². The van der Waals surface area contributed by atoms with Crippen LogP contribution in [-0.2, 0) is 22.7 Å². The molecule has 0 aromatic heterocycles. The minimum Gasteiger partial charge on any atom is -0.489 e. The van der Waals surface area contributed by atoms with Gasteiger partial charge in [-0.3, -0.25) is 4.79 Å². The van der Waals surface area contributed by atoms with Crippen LogP contribution in [0.3, 0.4) is 0 Å². The van der Waals surface area contributed by atoms with Gasteiger partial charge in [0.2, 0.25) is 0 Å². The first-order valence-corrected chi connectivity index (χ1v) is 8.47. The van der Waals surface area contributed by atoms with Crippen molar-refractivity contribution in [3.05, 3.63) is 65.0 Å². The van der Waals surface area contributed by atoms with E-state index in [1.54, 1.807) is 44.2 Å². The fourth-order valence-electron chi connectivity index (χ4n) is 2.91. The van der Waals surface area contributed by atoms with Gasteiger partial charge in [-0.05, 0) is 55.3 Å². The minimum atomic E-state index is -0.647. The van der Waals surface area contributed by atoms with Crippen LogP contribution in [0.4, 0.5) is 4.39 Å². The van der Waals surface area contributed by atoms with Crippen molar-refractivity contribution in [2.24, 2.45) is 0 Å². The summed E-state index contributed by atoms with van der Waals surface area (Å²) in [5.74, 6) is -0.339. The highest BCUT2D eigenvalue weighted by molar-refractivity contribution is 6.00. The second kappa shape index (κ2) is 7.56. The molecule has 1 heterocycles. The van der Waals surface area contributed by atoms with E-state index in [1.807, 2.05) is 0 Å². The van der Waals surface area contributed by atoms with Gasteiger partial charge in [-0.25, -0.2) is 9.18 Å². The molecule has 0 aliphatic carbocycles. The molecule has 1 aliphatic rings. The first-order valence-electron chi connectivity index (χ1n) is 8.47. The van der Waals surface area contributed by atoms with E-state index >= 15 is 0 Å². The number of hydrogen-bond acceptors (Lipinski definition) is 4. The highest BCUT2D eigenvalue weighted by atomic mass is 19.1. The number of hydrogen-bond donors (Lipinski definition) is 0. The lowest BCUT2D eigenvalue weighted by Crippen LogP contribution is -2.40. The van der Waals surface area contributed by atoms with Gasteiger partial charge in [0.15, 0.2) is 0 Å². The number of nitrogens with zero attached hydrogens (tertiary/aromatic N) is 1. The van der Waals surface area contributed by atoms with Gasteiger partial charge in [-0.15, -0.1) is 0 Å². The summed E-state index contributed by atoms with van der Waals surface area (Å²) in [6.07, 6.45) is 0. The molecule has 2 aromatic rings. The molecule has 0 spiro atoms. The van der Waals surface area contributed by atoms with Crippen molar-refractivity contribution in [3.8, 4) is 5.75 Å². The number of ether oxygens (including phenoxy) is 2. The van der Waals surface area contributed by atoms with Crippen molar-refractivity contribution in [1.82, 2.24) is 4.90 Å². The smallest absolute Gasteiger partial charge is 0.328 e. The van der Waals surface area contributed by atoms with Crippen molar-refractivity contribution < 1.29 is 23.5 Å². The fourth-order valence-corrected chi connectivity index (χ4v) is 2.91. The molecule has 6 heteroatoms. The summed E-state index contributed by atoms with van der Waals surface area (Å²) in [7, 11) is 0. The zero-order valence-electron chi connectivity index (χ0n) is 14.7. The third-order valence-corrected chi connectivity index (χ3v) is 4.30. The minimum absolute atomic E-state index is 0.197. The number of benzene rings is 2. The number of esters is 1. The van der Waals surface area contributed by atoms with Gasteiger partial charge in [0, 0.05) is 12.1 Å². The van der Waals surface area contributed by atoms with Crippen LogP contribution >= 0.6 is 0 Å². The second-order valence-corrected chi connectivity index (χ2v) is 6.10. The Morgan fingerprint density at radius 1 is 1.27 bits per heavy atom. The Kier molecular flexibility index (Phi) is 5.21. The molecule has 0 fully saturated rings. The maximum Gasteiger partial charge on any atom is 0.328 e. The molecular formula is C20H20FNO4. The van der Waals surface area contributed by atoms with Gasteiger partial charge in [0.1, 0.15) is 24.2 Å². The van der Waals surface area contributed by atoms with Crippen LogP contribution in [0, 0.1) is 5.82 Å². The lowest BCUT2D eigenvalue weighted by molar-refractivity contribution is -0.148. The number of fused-ring (bicyclic) bond motifs is 1. The Hall–Kier alpha value is -2.89. The van der Waals surface area contributed by atoms with Crippen LogP contribution in [-0.4, -0.2) is 29.4 Å². The van der Waals surface area contributed by atoms with Gasteiger partial charge in [0.25, 0.3) is 5.91 Å². The first kappa shape index (κ1) is 17.9. The van der Waals surface area contributed by atoms with Gasteiger partial charge in [0.05, 0.1) is 6.61 Å². The molecule has 2 aromatic carbocycles. The summed E-state index contributed by atoms with van der Waals surface area (Å²) in [4.78, 5) is 25.9. The Bertz CT molecular complexity index is 836. The molecular weight excluding hydrogens is 337 g/mol. The Balaban J connectivity index is 1.70. The van der Waals surface area contributed by atoms with E-state index in [1.165, 1.54) is 17.0 Å². The summed E-state index contributed by atoms with van der Waals surface area (Å²) >= 11 is 0. The summed E-state index contributed by atoms with van der Waals surface area (Å²) in [5.41, 5.74) is 2.07. The average Bonchev–Trinajstić information content (AvgIpc) is 2.96. The number of halogens is 1. The molecule has 5 nitrogen and oxygen atoms in total. The van der Waals surface area contributed by atoms with Crippen molar-refractivity contribution in [2.75, 3.05) is 6.61 Å². The average molecular weight is 357 g/mol. The molecule has 0 N–H and O–H groups in total. The summed E-state index contributed by atoms with van der Waals surface area (Å²) in [6.45, 7) is 4.21. The summed E-state index contributed by atoms with van der Waals surface area (Å²) in [6, 6.07) is 10.7. The lowest BCUT2D eigenvalue weighted by atomic mass is 10.1. The molecule has 3 rings (SSSR count). The van der Waals surface area contributed by atoms with E-state index in [4.69, 9.17) is 9.47 Å². The Morgan fingerprint density at radius 2 is 2.08 bits per heavy atom. The van der Waals surface area contributed by atoms with Crippen LogP contribution in [0.15, 0.2) is 42.5 Å². The Labute approximate surface area is 151 Å². The highest BCUT2D eigenvalue weighted by Crippen LogP contribution is 2.29. The zero-order valence-corrected chi connectivity index (χ0v) is 14.7. The van der Waals surface area contributed by atoms with Gasteiger partial charge >= 0.3 is 5.97 Å². The van der Waals surface area contributed by atoms with Crippen molar-refractivity contribution in [3.63, 3.8) is 0 Å². The van der Waals surface area contributed by atoms with E-state index in [2.05, 4.69) is 0 Å². The van der Waals surface area contributed by atoms with Crippen LogP contribution < -0.4 is 4.74 Å². The fraction of sp³-hybridized carbons (Fsp3) is 0.300. The highest BCUT2D eigenvalue weighted by Gasteiger charge is 2.34. The molecule has 1 unspecified atom stereocenters. The molecule has 0 saturated heterocycles.